The second-order valence-electron chi connectivity index (χ2n) is 9.99. The molecule has 8 heteroatoms. The number of hydrogen-bond acceptors (Lipinski definition) is 7. The van der Waals surface area contributed by atoms with Gasteiger partial charge in [0.2, 0.25) is 0 Å². The Morgan fingerprint density at radius 2 is 1.94 bits per heavy atom. The van der Waals surface area contributed by atoms with Crippen molar-refractivity contribution in [1.29, 1.82) is 5.26 Å². The predicted molar refractivity (Wildman–Crippen MR) is 137 cm³/mol. The molecule has 2 fully saturated rings. The molecule has 2 saturated heterocycles. The van der Waals surface area contributed by atoms with Gasteiger partial charge in [0.15, 0.2) is 0 Å². The van der Waals surface area contributed by atoms with Gasteiger partial charge in [-0.2, -0.15) is 10.4 Å². The van der Waals surface area contributed by atoms with Crippen LogP contribution in [0.3, 0.4) is 0 Å². The molecule has 0 unspecified atom stereocenters. The van der Waals surface area contributed by atoms with Gasteiger partial charge in [-0.3, -0.25) is 4.90 Å². The van der Waals surface area contributed by atoms with Gasteiger partial charge < -0.3 is 19.9 Å². The summed E-state index contributed by atoms with van der Waals surface area (Å²) < 4.78 is 8.15. The number of anilines is 2. The molecule has 5 heterocycles. The molecule has 2 atom stereocenters. The molecule has 8 nitrogen and oxygen atoms in total. The number of pyridine rings is 1. The van der Waals surface area contributed by atoms with Gasteiger partial charge in [-0.25, -0.2) is 4.52 Å². The SMILES string of the molecule is C[C@@H]1CN(c2ccc(C#N)n3nccc23)C[C@H](CN2CCc3ccc(N4CCNCC4)cc3C2)O1. The van der Waals surface area contributed by atoms with Crippen molar-refractivity contribution in [3.8, 4) is 6.07 Å². The molecule has 0 radical (unpaired) electrons. The number of piperazine rings is 1. The Morgan fingerprint density at radius 1 is 1.06 bits per heavy atom. The van der Waals surface area contributed by atoms with Crippen LogP contribution in [-0.4, -0.2) is 79.1 Å². The van der Waals surface area contributed by atoms with Gasteiger partial charge in [0, 0.05) is 64.6 Å². The highest BCUT2D eigenvalue weighted by atomic mass is 16.5. The summed E-state index contributed by atoms with van der Waals surface area (Å²) >= 11 is 0. The molecule has 0 aliphatic carbocycles. The van der Waals surface area contributed by atoms with Crippen molar-refractivity contribution in [3.63, 3.8) is 0 Å². The first-order valence-corrected chi connectivity index (χ1v) is 12.7. The number of nitrogens with zero attached hydrogens (tertiary/aromatic N) is 6. The number of fused-ring (bicyclic) bond motifs is 2. The Morgan fingerprint density at radius 3 is 2.80 bits per heavy atom. The number of nitriles is 1. The van der Waals surface area contributed by atoms with Crippen LogP contribution in [0.4, 0.5) is 11.4 Å². The Balaban J connectivity index is 1.16. The monoisotopic (exact) mass is 471 g/mol. The van der Waals surface area contributed by atoms with Crippen LogP contribution in [0.25, 0.3) is 5.52 Å². The molecule has 2 aromatic heterocycles. The van der Waals surface area contributed by atoms with Gasteiger partial charge in [0.05, 0.1) is 29.6 Å². The van der Waals surface area contributed by atoms with E-state index in [0.29, 0.717) is 5.69 Å². The quantitative estimate of drug-likeness (QED) is 0.626. The van der Waals surface area contributed by atoms with E-state index in [4.69, 9.17) is 4.74 Å². The molecule has 3 aliphatic heterocycles. The van der Waals surface area contributed by atoms with E-state index in [1.54, 1.807) is 10.7 Å². The predicted octanol–water partition coefficient (Wildman–Crippen LogP) is 2.27. The van der Waals surface area contributed by atoms with E-state index in [1.807, 2.05) is 12.1 Å². The number of rotatable bonds is 4. The average Bonchev–Trinajstić information content (AvgIpc) is 3.38. The number of hydrogen-bond donors (Lipinski definition) is 1. The molecule has 0 amide bonds. The lowest BCUT2D eigenvalue weighted by molar-refractivity contribution is -0.0339. The van der Waals surface area contributed by atoms with Crippen LogP contribution < -0.4 is 15.1 Å². The summed E-state index contributed by atoms with van der Waals surface area (Å²) in [4.78, 5) is 7.45. The molecule has 1 N–H and O–H groups in total. The normalized spacial score (nSPS) is 23.3. The Labute approximate surface area is 206 Å². The van der Waals surface area contributed by atoms with Crippen molar-refractivity contribution in [2.24, 2.45) is 0 Å². The van der Waals surface area contributed by atoms with Gasteiger partial charge in [-0.1, -0.05) is 6.07 Å². The first kappa shape index (κ1) is 22.4. The van der Waals surface area contributed by atoms with E-state index in [0.717, 1.165) is 76.5 Å². The smallest absolute Gasteiger partial charge is 0.142 e. The Bertz CT molecular complexity index is 1240. The second-order valence-corrected chi connectivity index (χ2v) is 9.99. The van der Waals surface area contributed by atoms with Crippen molar-refractivity contribution < 1.29 is 4.74 Å². The van der Waals surface area contributed by atoms with Crippen LogP contribution in [0.2, 0.25) is 0 Å². The van der Waals surface area contributed by atoms with Crippen LogP contribution in [0.15, 0.2) is 42.6 Å². The summed E-state index contributed by atoms with van der Waals surface area (Å²) in [6.07, 6.45) is 3.13. The molecule has 3 aromatic rings. The average molecular weight is 472 g/mol. The lowest BCUT2D eigenvalue weighted by Crippen LogP contribution is -2.51. The van der Waals surface area contributed by atoms with Gasteiger partial charge >= 0.3 is 0 Å². The number of nitrogens with one attached hydrogen (secondary N) is 1. The maximum atomic E-state index is 9.43. The first-order valence-electron chi connectivity index (χ1n) is 12.7. The zero-order valence-electron chi connectivity index (χ0n) is 20.4. The summed E-state index contributed by atoms with van der Waals surface area (Å²) in [5.41, 5.74) is 6.95. The van der Waals surface area contributed by atoms with Gasteiger partial charge in [-0.15, -0.1) is 0 Å². The molecule has 35 heavy (non-hydrogen) atoms. The summed E-state index contributed by atoms with van der Waals surface area (Å²) in [6.45, 7) is 11.1. The highest BCUT2D eigenvalue weighted by molar-refractivity contribution is 5.74. The Hall–Kier alpha value is -3.12. The van der Waals surface area contributed by atoms with E-state index < -0.39 is 0 Å². The van der Waals surface area contributed by atoms with Crippen LogP contribution in [0, 0.1) is 11.3 Å². The molecule has 0 saturated carbocycles. The third kappa shape index (κ3) is 4.47. The molecule has 6 rings (SSSR count). The minimum atomic E-state index is 0.135. The highest BCUT2D eigenvalue weighted by Gasteiger charge is 2.29. The topological polar surface area (TPSA) is 72.1 Å². The zero-order valence-corrected chi connectivity index (χ0v) is 20.4. The maximum Gasteiger partial charge on any atom is 0.142 e. The largest absolute Gasteiger partial charge is 0.370 e. The minimum Gasteiger partial charge on any atom is -0.370 e. The van der Waals surface area contributed by atoms with E-state index in [9.17, 15) is 5.26 Å². The first-order chi connectivity index (χ1) is 17.2. The van der Waals surface area contributed by atoms with E-state index >= 15 is 0 Å². The number of benzene rings is 1. The zero-order chi connectivity index (χ0) is 23.8. The third-order valence-electron chi connectivity index (χ3n) is 7.54. The van der Waals surface area contributed by atoms with Crippen LogP contribution in [0.5, 0.6) is 0 Å². The van der Waals surface area contributed by atoms with Crippen molar-refractivity contribution in [2.45, 2.75) is 32.1 Å². The van der Waals surface area contributed by atoms with Gasteiger partial charge in [0.25, 0.3) is 0 Å². The maximum absolute atomic E-state index is 9.43. The summed E-state index contributed by atoms with van der Waals surface area (Å²) in [5, 5.41) is 17.2. The molecule has 0 spiro atoms. The summed E-state index contributed by atoms with van der Waals surface area (Å²) in [6, 6.07) is 15.2. The van der Waals surface area contributed by atoms with Crippen LogP contribution in [-0.2, 0) is 17.7 Å². The molecule has 182 valence electrons. The fraction of sp³-hybridized carbons (Fsp3) is 0.481. The standard InChI is InChI=1S/C27H33N7O/c1-20-16-33(26-5-4-24(15-28)34-27(26)6-8-30-34)19-25(35-20)18-31-11-7-21-2-3-23(14-22(21)17-31)32-12-9-29-10-13-32/h2-6,8,14,20,25,29H,7,9-13,16-19H2,1H3/t20-,25+/m1/s1. The summed E-state index contributed by atoms with van der Waals surface area (Å²) in [5.74, 6) is 0. The van der Waals surface area contributed by atoms with Crippen molar-refractivity contribution in [1.82, 2.24) is 19.8 Å². The van der Waals surface area contributed by atoms with Crippen LogP contribution in [0.1, 0.15) is 23.7 Å². The third-order valence-corrected chi connectivity index (χ3v) is 7.54. The fourth-order valence-electron chi connectivity index (χ4n) is 5.86. The Kier molecular flexibility index (Phi) is 6.06. The van der Waals surface area contributed by atoms with Crippen molar-refractivity contribution in [2.75, 3.05) is 62.2 Å². The second kappa shape index (κ2) is 9.50. The lowest BCUT2D eigenvalue weighted by atomic mass is 9.98. The van der Waals surface area contributed by atoms with E-state index in [1.165, 1.54) is 16.8 Å². The molecule has 1 aromatic carbocycles. The van der Waals surface area contributed by atoms with Crippen molar-refractivity contribution >= 4 is 16.9 Å². The molecule has 0 bridgehead atoms. The number of morpholine rings is 1. The molecular formula is C27H33N7O. The lowest BCUT2D eigenvalue weighted by Gasteiger charge is -2.41. The molecule has 3 aliphatic rings. The number of ether oxygens (including phenoxy) is 1. The number of aromatic nitrogens is 2. The van der Waals surface area contributed by atoms with Crippen molar-refractivity contribution in [3.05, 3.63) is 59.4 Å². The molecular weight excluding hydrogens is 438 g/mol. The van der Waals surface area contributed by atoms with E-state index in [-0.39, 0.29) is 12.2 Å². The van der Waals surface area contributed by atoms with Gasteiger partial charge in [-0.05, 0) is 54.8 Å². The summed E-state index contributed by atoms with van der Waals surface area (Å²) in [7, 11) is 0. The van der Waals surface area contributed by atoms with Gasteiger partial charge in [0.1, 0.15) is 11.8 Å². The fourth-order valence-corrected chi connectivity index (χ4v) is 5.86. The van der Waals surface area contributed by atoms with Crippen LogP contribution >= 0.6 is 0 Å². The minimum absolute atomic E-state index is 0.135. The highest BCUT2D eigenvalue weighted by Crippen LogP contribution is 2.29. The van der Waals surface area contributed by atoms with E-state index in [2.05, 4.69) is 62.4 Å².